The number of nitro groups is 1. The lowest BCUT2D eigenvalue weighted by atomic mass is 10.2. The summed E-state index contributed by atoms with van der Waals surface area (Å²) in [5.74, 6) is 1.59. The summed E-state index contributed by atoms with van der Waals surface area (Å²) >= 11 is 1.46. The van der Waals surface area contributed by atoms with Crippen molar-refractivity contribution < 1.29 is 14.5 Å². The molecule has 0 bridgehead atoms. The minimum absolute atomic E-state index is 0.0524. The highest BCUT2D eigenvalue weighted by molar-refractivity contribution is 7.98. The zero-order valence-electron chi connectivity index (χ0n) is 19.2. The summed E-state index contributed by atoms with van der Waals surface area (Å²) in [5.41, 5.74) is 3.45. The second kappa shape index (κ2) is 10.8. The normalized spacial score (nSPS) is 10.7. The van der Waals surface area contributed by atoms with Crippen LogP contribution in [0.3, 0.4) is 0 Å². The van der Waals surface area contributed by atoms with E-state index < -0.39 is 4.92 Å². The predicted molar refractivity (Wildman–Crippen MR) is 133 cm³/mol. The Bertz CT molecular complexity index is 1340. The van der Waals surface area contributed by atoms with E-state index in [1.54, 1.807) is 43.5 Å². The zero-order valence-corrected chi connectivity index (χ0v) is 20.0. The van der Waals surface area contributed by atoms with E-state index >= 15 is 0 Å². The minimum Gasteiger partial charge on any atom is -0.497 e. The van der Waals surface area contributed by atoms with Crippen molar-refractivity contribution in [2.24, 2.45) is 0 Å². The molecule has 0 spiro atoms. The molecule has 0 radical (unpaired) electrons. The molecule has 35 heavy (non-hydrogen) atoms. The van der Waals surface area contributed by atoms with Gasteiger partial charge in [-0.25, -0.2) is 0 Å². The quantitative estimate of drug-likeness (QED) is 0.206. The number of aromatic nitrogens is 3. The highest BCUT2D eigenvalue weighted by Crippen LogP contribution is 2.26. The van der Waals surface area contributed by atoms with E-state index in [1.165, 1.54) is 23.9 Å². The lowest BCUT2D eigenvalue weighted by Crippen LogP contribution is -2.24. The number of rotatable bonds is 9. The predicted octanol–water partition coefficient (Wildman–Crippen LogP) is 4.71. The van der Waals surface area contributed by atoms with Gasteiger partial charge in [-0.15, -0.1) is 10.2 Å². The van der Waals surface area contributed by atoms with Gasteiger partial charge in [0.25, 0.3) is 11.6 Å². The Morgan fingerprint density at radius 1 is 1.09 bits per heavy atom. The van der Waals surface area contributed by atoms with Crippen LogP contribution < -0.4 is 10.1 Å². The lowest BCUT2D eigenvalue weighted by molar-refractivity contribution is -0.384. The standard InChI is InChI=1S/C25H23N5O4S/c1-17-4-3-5-21(14-17)29-23(15-26-24(31)19-8-12-22(34-2)13-9-19)27-28-25(29)35-16-18-6-10-20(11-7-18)30(32)33/h3-14H,15-16H2,1-2H3,(H,26,31). The van der Waals surface area contributed by atoms with Crippen LogP contribution in [-0.4, -0.2) is 32.7 Å². The van der Waals surface area contributed by atoms with Crippen molar-refractivity contribution in [3.8, 4) is 11.4 Å². The third-order valence-electron chi connectivity index (χ3n) is 5.23. The molecule has 1 aromatic heterocycles. The van der Waals surface area contributed by atoms with Gasteiger partial charge in [-0.2, -0.15) is 0 Å². The number of ether oxygens (including phenoxy) is 1. The van der Waals surface area contributed by atoms with Gasteiger partial charge in [-0.1, -0.05) is 36.0 Å². The van der Waals surface area contributed by atoms with Gasteiger partial charge in [-0.3, -0.25) is 19.5 Å². The van der Waals surface area contributed by atoms with Crippen LogP contribution in [0.15, 0.2) is 78.0 Å². The molecule has 0 aliphatic heterocycles. The van der Waals surface area contributed by atoms with Gasteiger partial charge in [0.1, 0.15) is 5.75 Å². The number of benzene rings is 3. The molecule has 3 aromatic carbocycles. The maximum atomic E-state index is 12.6. The van der Waals surface area contributed by atoms with Crippen molar-refractivity contribution in [2.75, 3.05) is 7.11 Å². The smallest absolute Gasteiger partial charge is 0.269 e. The van der Waals surface area contributed by atoms with Crippen LogP contribution in [0.4, 0.5) is 5.69 Å². The van der Waals surface area contributed by atoms with Crippen molar-refractivity contribution in [3.63, 3.8) is 0 Å². The molecule has 0 fully saturated rings. The van der Waals surface area contributed by atoms with Gasteiger partial charge in [-0.05, 0) is 54.4 Å². The molecule has 178 valence electrons. The summed E-state index contributed by atoms with van der Waals surface area (Å²) in [6.07, 6.45) is 0. The number of carbonyl (C=O) groups excluding carboxylic acids is 1. The third-order valence-corrected chi connectivity index (χ3v) is 6.23. The summed E-state index contributed by atoms with van der Waals surface area (Å²) in [7, 11) is 1.57. The molecule has 1 N–H and O–H groups in total. The first-order valence-corrected chi connectivity index (χ1v) is 11.7. The van der Waals surface area contributed by atoms with E-state index in [2.05, 4.69) is 15.5 Å². The number of thioether (sulfide) groups is 1. The Morgan fingerprint density at radius 2 is 1.83 bits per heavy atom. The SMILES string of the molecule is COc1ccc(C(=O)NCc2nnc(SCc3ccc([N+](=O)[O-])cc3)n2-c2cccc(C)c2)cc1. The molecular weight excluding hydrogens is 466 g/mol. The number of non-ortho nitro benzene ring substituents is 1. The highest BCUT2D eigenvalue weighted by Gasteiger charge is 2.16. The molecule has 0 unspecified atom stereocenters. The summed E-state index contributed by atoms with van der Waals surface area (Å²) in [6.45, 7) is 2.19. The van der Waals surface area contributed by atoms with Crippen molar-refractivity contribution in [1.82, 2.24) is 20.1 Å². The average molecular weight is 490 g/mol. The Labute approximate surface area is 206 Å². The molecular formula is C25H23N5O4S. The van der Waals surface area contributed by atoms with Crippen LogP contribution in [-0.2, 0) is 12.3 Å². The van der Waals surface area contributed by atoms with Crippen LogP contribution in [0.2, 0.25) is 0 Å². The number of carbonyl (C=O) groups is 1. The van der Waals surface area contributed by atoms with Crippen LogP contribution in [0.5, 0.6) is 5.75 Å². The monoisotopic (exact) mass is 489 g/mol. The second-order valence-electron chi connectivity index (χ2n) is 7.70. The van der Waals surface area contributed by atoms with Gasteiger partial charge in [0.2, 0.25) is 0 Å². The average Bonchev–Trinajstić information content (AvgIpc) is 3.29. The highest BCUT2D eigenvalue weighted by atomic mass is 32.2. The van der Waals surface area contributed by atoms with E-state index in [9.17, 15) is 14.9 Å². The first-order valence-electron chi connectivity index (χ1n) is 10.7. The Balaban J connectivity index is 1.54. The van der Waals surface area contributed by atoms with E-state index in [4.69, 9.17) is 4.74 Å². The lowest BCUT2D eigenvalue weighted by Gasteiger charge is -2.12. The van der Waals surface area contributed by atoms with E-state index in [-0.39, 0.29) is 18.1 Å². The van der Waals surface area contributed by atoms with E-state index in [1.807, 2.05) is 35.8 Å². The Morgan fingerprint density at radius 3 is 2.49 bits per heavy atom. The molecule has 9 nitrogen and oxygen atoms in total. The molecule has 1 heterocycles. The molecule has 0 aliphatic rings. The molecule has 4 rings (SSSR count). The molecule has 0 atom stereocenters. The second-order valence-corrected chi connectivity index (χ2v) is 8.64. The number of hydrogen-bond acceptors (Lipinski definition) is 7. The van der Waals surface area contributed by atoms with E-state index in [0.717, 1.165) is 16.8 Å². The molecule has 0 aliphatic carbocycles. The van der Waals surface area contributed by atoms with Gasteiger partial charge < -0.3 is 10.1 Å². The van der Waals surface area contributed by atoms with Gasteiger partial charge >= 0.3 is 0 Å². The first kappa shape index (κ1) is 24.0. The van der Waals surface area contributed by atoms with Crippen LogP contribution in [0, 0.1) is 17.0 Å². The van der Waals surface area contributed by atoms with Crippen LogP contribution in [0.25, 0.3) is 5.69 Å². The van der Waals surface area contributed by atoms with Crippen LogP contribution in [0.1, 0.15) is 27.3 Å². The van der Waals surface area contributed by atoms with Crippen LogP contribution >= 0.6 is 11.8 Å². The number of nitrogens with zero attached hydrogens (tertiary/aromatic N) is 4. The topological polar surface area (TPSA) is 112 Å². The number of aryl methyl sites for hydroxylation is 1. The number of nitro benzene ring substituents is 1. The Kier molecular flexibility index (Phi) is 7.41. The van der Waals surface area contributed by atoms with Crippen molar-refractivity contribution in [2.45, 2.75) is 24.4 Å². The third kappa shape index (κ3) is 5.85. The summed E-state index contributed by atoms with van der Waals surface area (Å²) < 4.78 is 7.06. The largest absolute Gasteiger partial charge is 0.497 e. The maximum Gasteiger partial charge on any atom is 0.269 e. The van der Waals surface area contributed by atoms with Gasteiger partial charge in [0.15, 0.2) is 11.0 Å². The molecule has 1 amide bonds. The number of nitrogens with one attached hydrogen (secondary N) is 1. The molecule has 0 saturated heterocycles. The van der Waals surface area contributed by atoms with Gasteiger partial charge in [0.05, 0.1) is 18.6 Å². The van der Waals surface area contributed by atoms with Crippen molar-refractivity contribution in [3.05, 3.63) is 105 Å². The molecule has 0 saturated carbocycles. The fraction of sp³-hybridized carbons (Fsp3) is 0.160. The van der Waals surface area contributed by atoms with Crippen molar-refractivity contribution >= 4 is 23.4 Å². The maximum absolute atomic E-state index is 12.6. The fourth-order valence-corrected chi connectivity index (χ4v) is 4.33. The number of methoxy groups -OCH3 is 1. The number of hydrogen-bond donors (Lipinski definition) is 1. The van der Waals surface area contributed by atoms with Crippen molar-refractivity contribution in [1.29, 1.82) is 0 Å². The fourth-order valence-electron chi connectivity index (χ4n) is 3.40. The summed E-state index contributed by atoms with van der Waals surface area (Å²) in [5, 5.41) is 23.1. The van der Waals surface area contributed by atoms with E-state index in [0.29, 0.717) is 28.0 Å². The van der Waals surface area contributed by atoms with Gasteiger partial charge in [0, 0.05) is 29.1 Å². The number of amides is 1. The zero-order chi connectivity index (χ0) is 24.8. The summed E-state index contributed by atoms with van der Waals surface area (Å²) in [4.78, 5) is 23.1. The summed E-state index contributed by atoms with van der Waals surface area (Å²) in [6, 6.07) is 21.2. The first-order chi connectivity index (χ1) is 16.9. The Hall–Kier alpha value is -4.18. The minimum atomic E-state index is -0.419. The molecule has 10 heteroatoms. The molecule has 4 aromatic rings.